The van der Waals surface area contributed by atoms with Crippen molar-refractivity contribution in [3.8, 4) is 17.2 Å². The van der Waals surface area contributed by atoms with E-state index in [1.165, 1.54) is 18.2 Å². The monoisotopic (exact) mass is 324 g/mol. The summed E-state index contributed by atoms with van der Waals surface area (Å²) in [5.74, 6) is 1.48. The quantitative estimate of drug-likeness (QED) is 0.667. The molecule has 4 heteroatoms. The Morgan fingerprint density at radius 2 is 2.21 bits per heavy atom. The van der Waals surface area contributed by atoms with Crippen LogP contribution in [0.4, 0.5) is 0 Å². The molecule has 0 saturated heterocycles. The third-order valence-electron chi connectivity index (χ3n) is 3.87. The van der Waals surface area contributed by atoms with E-state index in [0.29, 0.717) is 12.2 Å². The molecule has 0 fully saturated rings. The van der Waals surface area contributed by atoms with E-state index in [9.17, 15) is 9.90 Å². The second-order valence-electron chi connectivity index (χ2n) is 5.81. The molecule has 24 heavy (non-hydrogen) atoms. The van der Waals surface area contributed by atoms with Gasteiger partial charge in [0.1, 0.15) is 23.4 Å². The van der Waals surface area contributed by atoms with Crippen molar-refractivity contribution >= 4 is 11.9 Å². The SMILES string of the molecule is CCOc1cc2c(cc1/C=C/C(=O)c1cccc(O)c1)O[C@H](C)C2. The van der Waals surface area contributed by atoms with Gasteiger partial charge in [0, 0.05) is 23.1 Å². The summed E-state index contributed by atoms with van der Waals surface area (Å²) < 4.78 is 11.5. The minimum atomic E-state index is -0.178. The van der Waals surface area contributed by atoms with Crippen molar-refractivity contribution in [1.29, 1.82) is 0 Å². The van der Waals surface area contributed by atoms with Crippen LogP contribution in [0.2, 0.25) is 0 Å². The number of phenolic OH excluding ortho intramolecular Hbond substituents is 1. The van der Waals surface area contributed by atoms with Crippen LogP contribution >= 0.6 is 0 Å². The van der Waals surface area contributed by atoms with Crippen molar-refractivity contribution in [1.82, 2.24) is 0 Å². The number of hydrogen-bond acceptors (Lipinski definition) is 4. The van der Waals surface area contributed by atoms with Crippen LogP contribution in [-0.2, 0) is 6.42 Å². The molecule has 2 aromatic rings. The summed E-state index contributed by atoms with van der Waals surface area (Å²) in [6.07, 6.45) is 4.23. The highest BCUT2D eigenvalue weighted by molar-refractivity contribution is 6.07. The molecule has 0 saturated carbocycles. The fourth-order valence-corrected chi connectivity index (χ4v) is 2.79. The number of benzene rings is 2. The Morgan fingerprint density at radius 1 is 1.38 bits per heavy atom. The largest absolute Gasteiger partial charge is 0.508 e. The Bertz CT molecular complexity index is 792. The number of hydrogen-bond donors (Lipinski definition) is 1. The lowest BCUT2D eigenvalue weighted by Crippen LogP contribution is -2.05. The minimum absolute atomic E-state index is 0.0733. The molecule has 1 heterocycles. The van der Waals surface area contributed by atoms with Gasteiger partial charge in [-0.3, -0.25) is 4.79 Å². The normalized spacial score (nSPS) is 16.0. The number of ketones is 1. The van der Waals surface area contributed by atoms with Crippen LogP contribution in [-0.4, -0.2) is 23.6 Å². The Labute approximate surface area is 141 Å². The van der Waals surface area contributed by atoms with Crippen molar-refractivity contribution in [2.24, 2.45) is 0 Å². The van der Waals surface area contributed by atoms with Crippen molar-refractivity contribution in [3.63, 3.8) is 0 Å². The van der Waals surface area contributed by atoms with Crippen molar-refractivity contribution < 1.29 is 19.4 Å². The minimum Gasteiger partial charge on any atom is -0.508 e. The summed E-state index contributed by atoms with van der Waals surface area (Å²) in [6.45, 7) is 4.51. The van der Waals surface area contributed by atoms with Gasteiger partial charge in [-0.05, 0) is 50.3 Å². The molecule has 0 aliphatic carbocycles. The molecular formula is C20H20O4. The molecule has 4 nitrogen and oxygen atoms in total. The summed E-state index contributed by atoms with van der Waals surface area (Å²) in [5, 5.41) is 9.48. The van der Waals surface area contributed by atoms with Gasteiger partial charge in [-0.25, -0.2) is 0 Å². The van der Waals surface area contributed by atoms with Gasteiger partial charge in [0.15, 0.2) is 5.78 Å². The molecule has 3 rings (SSSR count). The summed E-state index contributed by atoms with van der Waals surface area (Å²) in [7, 11) is 0. The van der Waals surface area contributed by atoms with Gasteiger partial charge >= 0.3 is 0 Å². The second kappa shape index (κ2) is 6.79. The first-order valence-corrected chi connectivity index (χ1v) is 8.04. The number of carbonyl (C=O) groups is 1. The smallest absolute Gasteiger partial charge is 0.185 e. The Morgan fingerprint density at radius 3 is 2.96 bits per heavy atom. The van der Waals surface area contributed by atoms with E-state index in [-0.39, 0.29) is 17.6 Å². The highest BCUT2D eigenvalue weighted by Crippen LogP contribution is 2.35. The number of rotatable bonds is 5. The van der Waals surface area contributed by atoms with Gasteiger partial charge < -0.3 is 14.6 Å². The lowest BCUT2D eigenvalue weighted by Gasteiger charge is -2.10. The number of phenols is 1. The van der Waals surface area contributed by atoms with Gasteiger partial charge in [-0.15, -0.1) is 0 Å². The van der Waals surface area contributed by atoms with Gasteiger partial charge in [0.2, 0.25) is 0 Å². The Kier molecular flexibility index (Phi) is 4.56. The van der Waals surface area contributed by atoms with Crippen LogP contribution in [0, 0.1) is 0 Å². The zero-order chi connectivity index (χ0) is 17.1. The fourth-order valence-electron chi connectivity index (χ4n) is 2.79. The van der Waals surface area contributed by atoms with E-state index in [4.69, 9.17) is 9.47 Å². The molecule has 0 bridgehead atoms. The number of aromatic hydroxyl groups is 1. The molecule has 0 unspecified atom stereocenters. The Balaban J connectivity index is 1.88. The molecule has 0 amide bonds. The predicted molar refractivity (Wildman–Crippen MR) is 92.9 cm³/mol. The first-order chi connectivity index (χ1) is 11.6. The molecule has 0 aromatic heterocycles. The first kappa shape index (κ1) is 16.1. The average molecular weight is 324 g/mol. The van der Waals surface area contributed by atoms with Crippen LogP contribution in [0.15, 0.2) is 42.5 Å². The number of ether oxygens (including phenoxy) is 2. The van der Waals surface area contributed by atoms with Crippen LogP contribution in [0.5, 0.6) is 17.2 Å². The predicted octanol–water partition coefficient (Wildman–Crippen LogP) is 4.01. The average Bonchev–Trinajstić information content (AvgIpc) is 2.91. The Hall–Kier alpha value is -2.75. The molecule has 1 atom stereocenters. The highest BCUT2D eigenvalue weighted by Gasteiger charge is 2.21. The van der Waals surface area contributed by atoms with Crippen LogP contribution < -0.4 is 9.47 Å². The number of fused-ring (bicyclic) bond motifs is 1. The molecule has 0 spiro atoms. The third kappa shape index (κ3) is 3.43. The maximum Gasteiger partial charge on any atom is 0.185 e. The second-order valence-corrected chi connectivity index (χ2v) is 5.81. The molecule has 1 aliphatic heterocycles. The topological polar surface area (TPSA) is 55.8 Å². The first-order valence-electron chi connectivity index (χ1n) is 8.04. The van der Waals surface area contributed by atoms with Crippen molar-refractivity contribution in [3.05, 3.63) is 59.2 Å². The van der Waals surface area contributed by atoms with E-state index in [2.05, 4.69) is 0 Å². The lowest BCUT2D eigenvalue weighted by atomic mass is 10.0. The molecule has 0 radical (unpaired) electrons. The fraction of sp³-hybridized carbons (Fsp3) is 0.250. The van der Waals surface area contributed by atoms with Gasteiger partial charge in [0.05, 0.1) is 6.61 Å². The van der Waals surface area contributed by atoms with Crippen LogP contribution in [0.25, 0.3) is 6.08 Å². The van der Waals surface area contributed by atoms with E-state index in [1.54, 1.807) is 18.2 Å². The van der Waals surface area contributed by atoms with E-state index in [0.717, 1.165) is 29.0 Å². The third-order valence-corrected chi connectivity index (χ3v) is 3.87. The molecular weight excluding hydrogens is 304 g/mol. The summed E-state index contributed by atoms with van der Waals surface area (Å²) in [6, 6.07) is 10.2. The van der Waals surface area contributed by atoms with Gasteiger partial charge in [-0.1, -0.05) is 12.1 Å². The molecule has 1 N–H and O–H groups in total. The van der Waals surface area contributed by atoms with E-state index >= 15 is 0 Å². The van der Waals surface area contributed by atoms with E-state index in [1.807, 2.05) is 26.0 Å². The number of allylic oxidation sites excluding steroid dienone is 1. The van der Waals surface area contributed by atoms with Gasteiger partial charge in [0.25, 0.3) is 0 Å². The van der Waals surface area contributed by atoms with Crippen LogP contribution in [0.3, 0.4) is 0 Å². The molecule has 124 valence electrons. The van der Waals surface area contributed by atoms with Crippen molar-refractivity contribution in [2.75, 3.05) is 6.61 Å². The number of carbonyl (C=O) groups excluding carboxylic acids is 1. The molecule has 2 aromatic carbocycles. The highest BCUT2D eigenvalue weighted by atomic mass is 16.5. The summed E-state index contributed by atoms with van der Waals surface area (Å²) in [5.41, 5.74) is 2.37. The zero-order valence-electron chi connectivity index (χ0n) is 13.8. The van der Waals surface area contributed by atoms with Crippen LogP contribution in [0.1, 0.15) is 35.3 Å². The summed E-state index contributed by atoms with van der Waals surface area (Å²) in [4.78, 5) is 12.3. The standard InChI is InChI=1S/C20H20O4/c1-3-23-19-12-16-9-13(2)24-20(16)11-15(19)7-8-18(22)14-5-4-6-17(21)10-14/h4-8,10-13,21H,3,9H2,1-2H3/b8-7+/t13-/m1/s1. The van der Waals surface area contributed by atoms with Gasteiger partial charge in [-0.2, -0.15) is 0 Å². The maximum atomic E-state index is 12.3. The van der Waals surface area contributed by atoms with E-state index < -0.39 is 0 Å². The summed E-state index contributed by atoms with van der Waals surface area (Å²) >= 11 is 0. The zero-order valence-corrected chi connectivity index (χ0v) is 13.8. The molecule has 1 aliphatic rings. The maximum absolute atomic E-state index is 12.3. The van der Waals surface area contributed by atoms with Crippen molar-refractivity contribution in [2.45, 2.75) is 26.4 Å². The lowest BCUT2D eigenvalue weighted by molar-refractivity contribution is 0.104.